The maximum absolute atomic E-state index is 12.2. The maximum atomic E-state index is 12.2. The molecule has 4 aliphatic carbocycles. The first-order valence-corrected chi connectivity index (χ1v) is 10.5. The number of rotatable bonds is 3. The van der Waals surface area contributed by atoms with Crippen molar-refractivity contribution < 1.29 is 14.6 Å². The van der Waals surface area contributed by atoms with Crippen molar-refractivity contribution >= 4 is 5.91 Å². The average Bonchev–Trinajstić information content (AvgIpc) is 3.37. The lowest BCUT2D eigenvalue weighted by Gasteiger charge is -2.62. The van der Waals surface area contributed by atoms with Crippen molar-refractivity contribution in [3.63, 3.8) is 0 Å². The van der Waals surface area contributed by atoms with E-state index in [1.54, 1.807) is 0 Å². The monoisotopic (exact) mass is 365 g/mol. The van der Waals surface area contributed by atoms with Gasteiger partial charge in [0.2, 0.25) is 0 Å². The van der Waals surface area contributed by atoms with Gasteiger partial charge in [0.05, 0.1) is 16.6 Å². The van der Waals surface area contributed by atoms with E-state index in [0.717, 1.165) is 49.2 Å². The third-order valence-electron chi connectivity index (χ3n) is 8.47. The molecule has 1 amide bonds. The van der Waals surface area contributed by atoms with Gasteiger partial charge in [0.1, 0.15) is 11.9 Å². The van der Waals surface area contributed by atoms with E-state index in [9.17, 15) is 9.90 Å². The molecule has 1 aromatic rings. The minimum atomic E-state index is -0.759. The Morgan fingerprint density at radius 3 is 2.85 bits per heavy atom. The summed E-state index contributed by atoms with van der Waals surface area (Å²) in [5, 5.41) is 12.2. The number of primary amides is 1. The summed E-state index contributed by atoms with van der Waals surface area (Å²) in [7, 11) is 0. The molecule has 4 heteroatoms. The van der Waals surface area contributed by atoms with E-state index in [4.69, 9.17) is 10.5 Å². The molecule has 4 nitrogen and oxygen atoms in total. The Hall–Kier alpha value is -1.81. The summed E-state index contributed by atoms with van der Waals surface area (Å²) in [5.74, 6) is 1.92. The summed E-state index contributed by atoms with van der Waals surface area (Å²) < 4.78 is 6.42. The summed E-state index contributed by atoms with van der Waals surface area (Å²) in [6.45, 7) is 4.30. The van der Waals surface area contributed by atoms with Crippen LogP contribution < -0.4 is 10.5 Å². The second-order valence-electron chi connectivity index (χ2n) is 9.68. The highest BCUT2D eigenvalue weighted by atomic mass is 16.5. The van der Waals surface area contributed by atoms with Gasteiger partial charge in [-0.3, -0.25) is 4.79 Å². The van der Waals surface area contributed by atoms with Crippen molar-refractivity contribution in [3.05, 3.63) is 41.0 Å². The third kappa shape index (κ3) is 1.81. The van der Waals surface area contributed by atoms with Crippen LogP contribution in [0.25, 0.3) is 0 Å². The molecule has 1 heterocycles. The number of nitrogens with two attached hydrogens (primary N) is 1. The normalized spacial score (nSPS) is 41.1. The van der Waals surface area contributed by atoms with Gasteiger partial charge in [0, 0.05) is 5.56 Å². The largest absolute Gasteiger partial charge is 0.484 e. The van der Waals surface area contributed by atoms with Gasteiger partial charge < -0.3 is 15.6 Å². The van der Waals surface area contributed by atoms with Crippen molar-refractivity contribution in [3.8, 4) is 5.75 Å². The molecule has 3 N–H and O–H groups in total. The minimum Gasteiger partial charge on any atom is -0.484 e. The van der Waals surface area contributed by atoms with Crippen molar-refractivity contribution in [1.82, 2.24) is 0 Å². The second-order valence-corrected chi connectivity index (χ2v) is 9.68. The van der Waals surface area contributed by atoms with E-state index < -0.39 is 16.9 Å². The molecule has 0 radical (unpaired) electrons. The number of hydrogen-bond donors (Lipinski definition) is 2. The summed E-state index contributed by atoms with van der Waals surface area (Å²) in [5.41, 5.74) is 8.28. The van der Waals surface area contributed by atoms with Crippen molar-refractivity contribution in [1.29, 1.82) is 0 Å². The summed E-state index contributed by atoms with van der Waals surface area (Å²) >= 11 is 0. The Balaban J connectivity index is 1.58. The molecule has 6 rings (SSSR count). The quantitative estimate of drug-likeness (QED) is 0.808. The van der Waals surface area contributed by atoms with Crippen LogP contribution in [-0.4, -0.2) is 22.7 Å². The smallest absolute Gasteiger partial charge is 0.252 e. The number of benzene rings is 1. The van der Waals surface area contributed by atoms with Crippen molar-refractivity contribution in [2.24, 2.45) is 23.5 Å². The molecule has 1 aromatic carbocycles. The number of carbonyl (C=O) groups is 1. The van der Waals surface area contributed by atoms with Crippen LogP contribution in [-0.2, 0) is 11.8 Å². The molecule has 5 aliphatic rings. The van der Waals surface area contributed by atoms with Gasteiger partial charge in [-0.05, 0) is 73.5 Å². The molecule has 1 spiro atoms. The first-order valence-electron chi connectivity index (χ1n) is 10.5. The number of carbonyl (C=O) groups excluding carboxylic acids is 1. The topological polar surface area (TPSA) is 72.5 Å². The molecule has 2 bridgehead atoms. The van der Waals surface area contributed by atoms with Crippen molar-refractivity contribution in [2.75, 3.05) is 0 Å². The molecular formula is C23H27NO3. The lowest BCUT2D eigenvalue weighted by molar-refractivity contribution is -0.174. The fourth-order valence-electron chi connectivity index (χ4n) is 7.16. The molecule has 1 aliphatic heterocycles. The standard InChI is InChI=1S/C23H27NO3/c1-12-6-9-23(26)17-11-15-4-5-16(21(24)25)19-18(15)22(23,20(12)27-19)8-7-14(17)10-13-2-3-13/h4-5,13-14,17,20,26H,1-3,6-11H2,(H2,24,25)/t14?,17-,20-,22-,23+/m0/s1. The molecule has 0 saturated heterocycles. The van der Waals surface area contributed by atoms with Gasteiger partial charge >= 0.3 is 0 Å². The first kappa shape index (κ1) is 16.2. The fraction of sp³-hybridized carbons (Fsp3) is 0.609. The van der Waals surface area contributed by atoms with Gasteiger partial charge in [-0.1, -0.05) is 25.5 Å². The lowest BCUT2D eigenvalue weighted by Crippen LogP contribution is -2.69. The summed E-state index contributed by atoms with van der Waals surface area (Å²) in [4.78, 5) is 12.0. The van der Waals surface area contributed by atoms with Gasteiger partial charge in [-0.2, -0.15) is 0 Å². The Bertz CT molecular complexity index is 888. The zero-order chi connectivity index (χ0) is 18.6. The first-order chi connectivity index (χ1) is 13.0. The van der Waals surface area contributed by atoms with Gasteiger partial charge in [-0.25, -0.2) is 0 Å². The van der Waals surface area contributed by atoms with E-state index in [2.05, 4.69) is 12.6 Å². The third-order valence-corrected chi connectivity index (χ3v) is 8.47. The van der Waals surface area contributed by atoms with E-state index in [1.807, 2.05) is 6.07 Å². The number of amides is 1. The highest BCUT2D eigenvalue weighted by Crippen LogP contribution is 2.69. The van der Waals surface area contributed by atoms with Crippen LogP contribution in [0.2, 0.25) is 0 Å². The highest BCUT2D eigenvalue weighted by molar-refractivity contribution is 5.97. The Labute approximate surface area is 159 Å². The van der Waals surface area contributed by atoms with Crippen LogP contribution in [0.15, 0.2) is 24.3 Å². The van der Waals surface area contributed by atoms with E-state index in [-0.39, 0.29) is 12.0 Å². The molecule has 142 valence electrons. The maximum Gasteiger partial charge on any atom is 0.252 e. The lowest BCUT2D eigenvalue weighted by atomic mass is 9.43. The molecule has 1 unspecified atom stereocenters. The fourth-order valence-corrected chi connectivity index (χ4v) is 7.16. The van der Waals surface area contributed by atoms with Crippen LogP contribution in [0.4, 0.5) is 0 Å². The predicted molar refractivity (Wildman–Crippen MR) is 102 cm³/mol. The SMILES string of the molecule is C=C1CC[C@@]2(O)[C@H]3Cc4ccc(C(N)=O)c5c4[C@@]2(CCC3CC2CC2)[C@H]1O5. The summed E-state index contributed by atoms with van der Waals surface area (Å²) in [6.07, 6.45) is 8.25. The number of aliphatic hydroxyl groups is 1. The Morgan fingerprint density at radius 1 is 1.30 bits per heavy atom. The molecule has 3 fully saturated rings. The number of ether oxygens (including phenoxy) is 1. The summed E-state index contributed by atoms with van der Waals surface area (Å²) in [6, 6.07) is 3.89. The van der Waals surface area contributed by atoms with E-state index in [1.165, 1.54) is 24.8 Å². The van der Waals surface area contributed by atoms with Crippen LogP contribution in [0, 0.1) is 17.8 Å². The molecule has 0 aromatic heterocycles. The minimum absolute atomic E-state index is 0.227. The molecule has 5 atom stereocenters. The van der Waals surface area contributed by atoms with Crippen LogP contribution in [0.3, 0.4) is 0 Å². The zero-order valence-corrected chi connectivity index (χ0v) is 15.7. The van der Waals surface area contributed by atoms with Crippen LogP contribution in [0.1, 0.15) is 66.4 Å². The number of hydrogen-bond acceptors (Lipinski definition) is 3. The molecule has 27 heavy (non-hydrogen) atoms. The van der Waals surface area contributed by atoms with Crippen LogP contribution in [0.5, 0.6) is 5.75 Å². The second kappa shape index (κ2) is 4.96. The van der Waals surface area contributed by atoms with Gasteiger partial charge in [0.15, 0.2) is 0 Å². The van der Waals surface area contributed by atoms with E-state index in [0.29, 0.717) is 17.2 Å². The van der Waals surface area contributed by atoms with E-state index >= 15 is 0 Å². The van der Waals surface area contributed by atoms with Gasteiger partial charge in [-0.15, -0.1) is 0 Å². The predicted octanol–water partition coefficient (Wildman–Crippen LogP) is 3.25. The molecule has 3 saturated carbocycles. The van der Waals surface area contributed by atoms with Crippen molar-refractivity contribution in [2.45, 2.75) is 68.5 Å². The highest BCUT2D eigenvalue weighted by Gasteiger charge is 2.71. The van der Waals surface area contributed by atoms with Gasteiger partial charge in [0.25, 0.3) is 5.91 Å². The zero-order valence-electron chi connectivity index (χ0n) is 15.7. The van der Waals surface area contributed by atoms with Crippen LogP contribution >= 0.6 is 0 Å². The molecular weight excluding hydrogens is 338 g/mol. The Morgan fingerprint density at radius 2 is 2.11 bits per heavy atom. The Kier molecular flexibility index (Phi) is 2.97. The average molecular weight is 365 g/mol.